The fourth-order valence-corrected chi connectivity index (χ4v) is 3.56. The van der Waals surface area contributed by atoms with E-state index in [-0.39, 0.29) is 0 Å². The van der Waals surface area contributed by atoms with E-state index in [0.717, 1.165) is 35.3 Å². The van der Waals surface area contributed by atoms with Gasteiger partial charge in [0.05, 0.1) is 5.02 Å². The first kappa shape index (κ1) is 16.0. The maximum atomic E-state index is 6.44. The van der Waals surface area contributed by atoms with Crippen LogP contribution < -0.4 is 5.32 Å². The van der Waals surface area contributed by atoms with Crippen LogP contribution >= 0.6 is 38.9 Å². The van der Waals surface area contributed by atoms with E-state index in [0.29, 0.717) is 6.04 Å². The van der Waals surface area contributed by atoms with Crippen LogP contribution in [-0.2, 0) is 6.42 Å². The maximum absolute atomic E-state index is 6.44. The standard InChI is InChI=1S/C16H19BrClNS/c1-2-9-19-15(7-6-12-8-10-20-11-12)13-4-3-5-14(17)16(13)18/h3-5,8,10-11,15,19H,2,6-7,9H2,1H3. The fraction of sp³-hybridized carbons (Fsp3) is 0.375. The highest BCUT2D eigenvalue weighted by molar-refractivity contribution is 9.10. The Morgan fingerprint density at radius 1 is 1.35 bits per heavy atom. The Hall–Kier alpha value is -0.350. The molecule has 0 aliphatic rings. The number of nitrogens with one attached hydrogen (secondary N) is 1. The molecule has 0 aliphatic carbocycles. The molecular weight excluding hydrogens is 354 g/mol. The molecule has 20 heavy (non-hydrogen) atoms. The first-order valence-corrected chi connectivity index (χ1v) is 9.02. The largest absolute Gasteiger partial charge is 0.310 e. The van der Waals surface area contributed by atoms with Crippen LogP contribution in [0.4, 0.5) is 0 Å². The average molecular weight is 373 g/mol. The summed E-state index contributed by atoms with van der Waals surface area (Å²) in [4.78, 5) is 0. The van der Waals surface area contributed by atoms with Crippen molar-refractivity contribution in [2.24, 2.45) is 0 Å². The second-order valence-corrected chi connectivity index (χ2v) is 6.83. The Morgan fingerprint density at radius 3 is 2.90 bits per heavy atom. The third-order valence-corrected chi connectivity index (χ3v) is 5.34. The zero-order valence-electron chi connectivity index (χ0n) is 11.5. The van der Waals surface area contributed by atoms with Gasteiger partial charge in [-0.1, -0.05) is 30.7 Å². The van der Waals surface area contributed by atoms with Crippen molar-refractivity contribution in [1.82, 2.24) is 5.32 Å². The molecule has 0 spiro atoms. The molecular formula is C16H19BrClNS. The Morgan fingerprint density at radius 2 is 2.20 bits per heavy atom. The van der Waals surface area contributed by atoms with Crippen molar-refractivity contribution in [3.8, 4) is 0 Å². The molecule has 1 aromatic heterocycles. The summed E-state index contributed by atoms with van der Waals surface area (Å²) in [5.41, 5.74) is 2.59. The smallest absolute Gasteiger partial charge is 0.0595 e. The lowest BCUT2D eigenvalue weighted by Crippen LogP contribution is -2.23. The molecule has 0 fully saturated rings. The van der Waals surface area contributed by atoms with E-state index in [1.165, 1.54) is 11.1 Å². The summed E-state index contributed by atoms with van der Waals surface area (Å²) in [5, 5.41) is 8.80. The summed E-state index contributed by atoms with van der Waals surface area (Å²) in [6, 6.07) is 8.66. The molecule has 0 saturated heterocycles. The highest BCUT2D eigenvalue weighted by Gasteiger charge is 2.15. The zero-order valence-corrected chi connectivity index (χ0v) is 14.7. The third kappa shape index (κ3) is 4.32. The molecule has 1 heterocycles. The number of rotatable bonds is 7. The van der Waals surface area contributed by atoms with Crippen LogP contribution in [0.5, 0.6) is 0 Å². The van der Waals surface area contributed by atoms with Gasteiger partial charge in [-0.3, -0.25) is 0 Å². The summed E-state index contributed by atoms with van der Waals surface area (Å²) >= 11 is 11.7. The van der Waals surface area contributed by atoms with Gasteiger partial charge in [-0.05, 0) is 75.8 Å². The van der Waals surface area contributed by atoms with E-state index in [1.54, 1.807) is 11.3 Å². The van der Waals surface area contributed by atoms with Crippen LogP contribution in [0.3, 0.4) is 0 Å². The van der Waals surface area contributed by atoms with Crippen LogP contribution in [0.1, 0.15) is 36.9 Å². The lowest BCUT2D eigenvalue weighted by atomic mass is 10.00. The number of halogens is 2. The number of hydrogen-bond acceptors (Lipinski definition) is 2. The van der Waals surface area contributed by atoms with Gasteiger partial charge in [-0.15, -0.1) is 0 Å². The summed E-state index contributed by atoms with van der Waals surface area (Å²) in [6.07, 6.45) is 3.27. The number of thiophene rings is 1. The fourth-order valence-electron chi connectivity index (χ4n) is 2.22. The normalized spacial score (nSPS) is 12.6. The first-order valence-electron chi connectivity index (χ1n) is 6.90. The van der Waals surface area contributed by atoms with Crippen LogP contribution in [0.25, 0.3) is 0 Å². The quantitative estimate of drug-likeness (QED) is 0.644. The molecule has 0 saturated carbocycles. The van der Waals surface area contributed by atoms with Gasteiger partial charge in [0.25, 0.3) is 0 Å². The second kappa shape index (κ2) is 8.18. The molecule has 0 aliphatic heterocycles. The Bertz CT molecular complexity index is 527. The van der Waals surface area contributed by atoms with Crippen molar-refractivity contribution in [3.63, 3.8) is 0 Å². The monoisotopic (exact) mass is 371 g/mol. The predicted molar refractivity (Wildman–Crippen MR) is 92.8 cm³/mol. The zero-order chi connectivity index (χ0) is 14.4. The summed E-state index contributed by atoms with van der Waals surface area (Å²) in [5.74, 6) is 0. The van der Waals surface area contributed by atoms with Gasteiger partial charge in [0.1, 0.15) is 0 Å². The average Bonchev–Trinajstić information content (AvgIpc) is 2.96. The van der Waals surface area contributed by atoms with Gasteiger partial charge < -0.3 is 5.32 Å². The molecule has 1 atom stereocenters. The van der Waals surface area contributed by atoms with Gasteiger partial charge in [-0.2, -0.15) is 11.3 Å². The molecule has 1 nitrogen and oxygen atoms in total. The minimum atomic E-state index is 0.305. The Kier molecular flexibility index (Phi) is 6.56. The molecule has 0 bridgehead atoms. The lowest BCUT2D eigenvalue weighted by Gasteiger charge is -2.20. The van der Waals surface area contributed by atoms with Crippen LogP contribution in [-0.4, -0.2) is 6.54 Å². The van der Waals surface area contributed by atoms with Crippen molar-refractivity contribution in [3.05, 3.63) is 55.6 Å². The third-order valence-electron chi connectivity index (χ3n) is 3.30. The summed E-state index contributed by atoms with van der Waals surface area (Å²) in [7, 11) is 0. The SMILES string of the molecule is CCCNC(CCc1ccsc1)c1cccc(Br)c1Cl. The molecule has 4 heteroatoms. The van der Waals surface area contributed by atoms with Crippen LogP contribution in [0, 0.1) is 0 Å². The highest BCUT2D eigenvalue weighted by Crippen LogP contribution is 2.32. The van der Waals surface area contributed by atoms with Gasteiger partial charge in [0, 0.05) is 10.5 Å². The van der Waals surface area contributed by atoms with Gasteiger partial charge in [0.15, 0.2) is 0 Å². The number of hydrogen-bond donors (Lipinski definition) is 1. The van der Waals surface area contributed by atoms with E-state index in [2.05, 4.69) is 57.1 Å². The van der Waals surface area contributed by atoms with Crippen molar-refractivity contribution in [1.29, 1.82) is 0 Å². The van der Waals surface area contributed by atoms with Gasteiger partial charge in [0.2, 0.25) is 0 Å². The van der Waals surface area contributed by atoms with Crippen LogP contribution in [0.2, 0.25) is 5.02 Å². The molecule has 108 valence electrons. The molecule has 1 aromatic carbocycles. The van der Waals surface area contributed by atoms with Crippen molar-refractivity contribution in [2.75, 3.05) is 6.54 Å². The topological polar surface area (TPSA) is 12.0 Å². The van der Waals surface area contributed by atoms with E-state index in [9.17, 15) is 0 Å². The summed E-state index contributed by atoms with van der Waals surface area (Å²) in [6.45, 7) is 3.20. The van der Waals surface area contributed by atoms with E-state index >= 15 is 0 Å². The summed E-state index contributed by atoms with van der Waals surface area (Å²) < 4.78 is 0.968. The lowest BCUT2D eigenvalue weighted by molar-refractivity contribution is 0.499. The Balaban J connectivity index is 2.11. The minimum Gasteiger partial charge on any atom is -0.310 e. The van der Waals surface area contributed by atoms with E-state index in [4.69, 9.17) is 11.6 Å². The molecule has 2 rings (SSSR count). The molecule has 2 aromatic rings. The number of benzene rings is 1. The number of aryl methyl sites for hydroxylation is 1. The first-order chi connectivity index (χ1) is 9.72. The predicted octanol–water partition coefficient (Wildman–Crippen LogP) is 5.84. The van der Waals surface area contributed by atoms with Crippen molar-refractivity contribution in [2.45, 2.75) is 32.2 Å². The van der Waals surface area contributed by atoms with Gasteiger partial charge in [-0.25, -0.2) is 0 Å². The highest BCUT2D eigenvalue weighted by atomic mass is 79.9. The van der Waals surface area contributed by atoms with Crippen molar-refractivity contribution >= 4 is 38.9 Å². The second-order valence-electron chi connectivity index (χ2n) is 4.82. The van der Waals surface area contributed by atoms with Crippen LogP contribution in [0.15, 0.2) is 39.5 Å². The Labute approximate surface area is 138 Å². The molecule has 1 N–H and O–H groups in total. The maximum Gasteiger partial charge on any atom is 0.0595 e. The van der Waals surface area contributed by atoms with Gasteiger partial charge >= 0.3 is 0 Å². The molecule has 0 radical (unpaired) electrons. The minimum absolute atomic E-state index is 0.305. The van der Waals surface area contributed by atoms with Crippen molar-refractivity contribution < 1.29 is 0 Å². The molecule has 1 unspecified atom stereocenters. The van der Waals surface area contributed by atoms with E-state index < -0.39 is 0 Å². The van der Waals surface area contributed by atoms with E-state index in [1.807, 2.05) is 6.07 Å². The molecule has 0 amide bonds.